The molecule has 1 unspecified atom stereocenters. The van der Waals surface area contributed by atoms with Crippen LogP contribution in [0.4, 0.5) is 0 Å². The van der Waals surface area contributed by atoms with Gasteiger partial charge in [0.15, 0.2) is 0 Å². The van der Waals surface area contributed by atoms with Crippen LogP contribution in [0.3, 0.4) is 0 Å². The monoisotopic (exact) mass is 188 g/mol. The molecule has 0 bridgehead atoms. The van der Waals surface area contributed by atoms with Crippen molar-refractivity contribution < 1.29 is 5.11 Å². The van der Waals surface area contributed by atoms with Gasteiger partial charge in [-0.05, 0) is 24.8 Å². The zero-order chi connectivity index (χ0) is 10.1. The SMILES string of the molecule is N#Cc1cccc(C(N)C2CC2)c1O. The number of phenolic OH excluding ortho intramolecular Hbond substituents is 1. The van der Waals surface area contributed by atoms with Gasteiger partial charge in [0, 0.05) is 11.6 Å². The first-order valence-electron chi connectivity index (χ1n) is 4.71. The highest BCUT2D eigenvalue weighted by atomic mass is 16.3. The van der Waals surface area contributed by atoms with E-state index in [0.717, 1.165) is 12.8 Å². The summed E-state index contributed by atoms with van der Waals surface area (Å²) in [5, 5.41) is 18.5. The molecule has 3 N–H and O–H groups in total. The Balaban J connectivity index is 2.37. The van der Waals surface area contributed by atoms with E-state index in [0.29, 0.717) is 17.0 Å². The van der Waals surface area contributed by atoms with Crippen LogP contribution in [0.2, 0.25) is 0 Å². The lowest BCUT2D eigenvalue weighted by Crippen LogP contribution is -2.12. The fraction of sp³-hybridized carbons (Fsp3) is 0.364. The second-order valence-electron chi connectivity index (χ2n) is 3.72. The number of hydrogen-bond donors (Lipinski definition) is 2. The van der Waals surface area contributed by atoms with E-state index in [1.807, 2.05) is 6.07 Å². The normalized spacial score (nSPS) is 17.4. The summed E-state index contributed by atoms with van der Waals surface area (Å²) in [5.41, 5.74) is 6.96. The Morgan fingerprint density at radius 1 is 1.50 bits per heavy atom. The van der Waals surface area contributed by atoms with Crippen molar-refractivity contribution in [1.29, 1.82) is 5.26 Å². The topological polar surface area (TPSA) is 70.0 Å². The first kappa shape index (κ1) is 9.04. The number of rotatable bonds is 2. The van der Waals surface area contributed by atoms with Gasteiger partial charge in [-0.2, -0.15) is 5.26 Å². The van der Waals surface area contributed by atoms with E-state index in [-0.39, 0.29) is 11.8 Å². The third kappa shape index (κ3) is 1.45. The molecule has 1 aliphatic rings. The molecule has 3 nitrogen and oxygen atoms in total. The maximum atomic E-state index is 9.73. The predicted molar refractivity (Wildman–Crippen MR) is 52.5 cm³/mol. The summed E-state index contributed by atoms with van der Waals surface area (Å²) in [7, 11) is 0. The van der Waals surface area contributed by atoms with Gasteiger partial charge in [-0.25, -0.2) is 0 Å². The molecule has 72 valence electrons. The molecule has 3 heteroatoms. The van der Waals surface area contributed by atoms with E-state index < -0.39 is 0 Å². The van der Waals surface area contributed by atoms with Crippen molar-refractivity contribution >= 4 is 0 Å². The van der Waals surface area contributed by atoms with E-state index in [1.165, 1.54) is 0 Å². The van der Waals surface area contributed by atoms with Crippen LogP contribution in [0.25, 0.3) is 0 Å². The summed E-state index contributed by atoms with van der Waals surface area (Å²) < 4.78 is 0. The Labute approximate surface area is 82.8 Å². The molecule has 0 saturated heterocycles. The van der Waals surface area contributed by atoms with E-state index in [1.54, 1.807) is 18.2 Å². The van der Waals surface area contributed by atoms with Crippen molar-refractivity contribution in [2.24, 2.45) is 11.7 Å². The molecule has 1 aromatic carbocycles. The highest BCUT2D eigenvalue weighted by molar-refractivity contribution is 5.48. The highest BCUT2D eigenvalue weighted by Gasteiger charge is 2.31. The number of hydrogen-bond acceptors (Lipinski definition) is 3. The molecule has 14 heavy (non-hydrogen) atoms. The molecular formula is C11H12N2O. The summed E-state index contributed by atoms with van der Waals surface area (Å²) in [6.07, 6.45) is 2.24. The average molecular weight is 188 g/mol. The van der Waals surface area contributed by atoms with Crippen LogP contribution in [0.1, 0.15) is 30.0 Å². The number of phenols is 1. The first-order chi connectivity index (χ1) is 6.74. The van der Waals surface area contributed by atoms with Crippen LogP contribution in [0.15, 0.2) is 18.2 Å². The lowest BCUT2D eigenvalue weighted by atomic mass is 10.00. The van der Waals surface area contributed by atoms with Gasteiger partial charge >= 0.3 is 0 Å². The van der Waals surface area contributed by atoms with Crippen molar-refractivity contribution in [3.63, 3.8) is 0 Å². The van der Waals surface area contributed by atoms with Crippen LogP contribution in [0, 0.1) is 17.2 Å². The minimum atomic E-state index is -0.122. The Morgan fingerprint density at radius 2 is 2.21 bits per heavy atom. The maximum absolute atomic E-state index is 9.73. The molecule has 0 heterocycles. The quantitative estimate of drug-likeness (QED) is 0.741. The van der Waals surface area contributed by atoms with Crippen LogP contribution >= 0.6 is 0 Å². The lowest BCUT2D eigenvalue weighted by molar-refractivity contribution is 0.454. The van der Waals surface area contributed by atoms with Gasteiger partial charge in [0.2, 0.25) is 0 Å². The van der Waals surface area contributed by atoms with Crippen LogP contribution in [0.5, 0.6) is 5.75 Å². The molecule has 1 fully saturated rings. The third-order valence-corrected chi connectivity index (χ3v) is 2.68. The van der Waals surface area contributed by atoms with Gasteiger partial charge < -0.3 is 10.8 Å². The van der Waals surface area contributed by atoms with Crippen molar-refractivity contribution in [3.05, 3.63) is 29.3 Å². The molecule has 1 aromatic rings. The number of para-hydroxylation sites is 1. The molecule has 0 amide bonds. The average Bonchev–Trinajstić information content (AvgIpc) is 3.00. The molecule has 1 saturated carbocycles. The number of benzene rings is 1. The van der Waals surface area contributed by atoms with Crippen molar-refractivity contribution in [2.45, 2.75) is 18.9 Å². The Morgan fingerprint density at radius 3 is 2.79 bits per heavy atom. The number of nitrogens with two attached hydrogens (primary N) is 1. The number of nitrogens with zero attached hydrogens (tertiary/aromatic N) is 1. The van der Waals surface area contributed by atoms with Crippen molar-refractivity contribution in [3.8, 4) is 11.8 Å². The van der Waals surface area contributed by atoms with Crippen molar-refractivity contribution in [1.82, 2.24) is 0 Å². The van der Waals surface area contributed by atoms with E-state index in [4.69, 9.17) is 11.0 Å². The Hall–Kier alpha value is -1.53. The molecule has 0 aromatic heterocycles. The number of aromatic hydroxyl groups is 1. The fourth-order valence-corrected chi connectivity index (χ4v) is 1.63. The van der Waals surface area contributed by atoms with Crippen molar-refractivity contribution in [2.75, 3.05) is 0 Å². The summed E-state index contributed by atoms with van der Waals surface area (Å²) in [6, 6.07) is 6.97. The third-order valence-electron chi connectivity index (χ3n) is 2.68. The van der Waals surface area contributed by atoms with Gasteiger partial charge in [0.1, 0.15) is 11.8 Å². The lowest BCUT2D eigenvalue weighted by Gasteiger charge is -2.12. The zero-order valence-electron chi connectivity index (χ0n) is 7.77. The standard InChI is InChI=1S/C11H12N2O/c12-6-8-2-1-3-9(11(8)14)10(13)7-4-5-7/h1-3,7,10,14H,4-5,13H2. The largest absolute Gasteiger partial charge is 0.506 e. The molecule has 0 radical (unpaired) electrons. The summed E-state index contributed by atoms with van der Waals surface area (Å²) in [6.45, 7) is 0. The minimum Gasteiger partial charge on any atom is -0.506 e. The zero-order valence-corrected chi connectivity index (χ0v) is 7.77. The van der Waals surface area contributed by atoms with Crippen LogP contribution in [-0.2, 0) is 0 Å². The summed E-state index contributed by atoms with van der Waals surface area (Å²) >= 11 is 0. The summed E-state index contributed by atoms with van der Waals surface area (Å²) in [4.78, 5) is 0. The van der Waals surface area contributed by atoms with Crippen LogP contribution in [-0.4, -0.2) is 5.11 Å². The highest BCUT2D eigenvalue weighted by Crippen LogP contribution is 2.42. The molecule has 2 rings (SSSR count). The van der Waals surface area contributed by atoms with E-state index in [9.17, 15) is 5.11 Å². The van der Waals surface area contributed by atoms with Gasteiger partial charge in [-0.3, -0.25) is 0 Å². The smallest absolute Gasteiger partial charge is 0.138 e. The maximum Gasteiger partial charge on any atom is 0.138 e. The summed E-state index contributed by atoms with van der Waals surface area (Å²) in [5.74, 6) is 0.532. The first-order valence-corrected chi connectivity index (χ1v) is 4.71. The van der Waals surface area contributed by atoms with E-state index in [2.05, 4.69) is 0 Å². The second-order valence-corrected chi connectivity index (χ2v) is 3.72. The Bertz CT molecular complexity index is 391. The molecule has 0 aliphatic heterocycles. The molecule has 0 spiro atoms. The second kappa shape index (κ2) is 3.32. The molecule has 1 atom stereocenters. The van der Waals surface area contributed by atoms with Gasteiger partial charge in [0.05, 0.1) is 5.56 Å². The minimum absolute atomic E-state index is 0.0504. The fourth-order valence-electron chi connectivity index (χ4n) is 1.63. The Kier molecular flexibility index (Phi) is 2.14. The molecular weight excluding hydrogens is 176 g/mol. The number of nitriles is 1. The van der Waals surface area contributed by atoms with Gasteiger partial charge in [-0.1, -0.05) is 12.1 Å². The van der Waals surface area contributed by atoms with Crippen LogP contribution < -0.4 is 5.73 Å². The van der Waals surface area contributed by atoms with Gasteiger partial charge in [-0.15, -0.1) is 0 Å². The van der Waals surface area contributed by atoms with Gasteiger partial charge in [0.25, 0.3) is 0 Å². The predicted octanol–water partition coefficient (Wildman–Crippen LogP) is 1.67. The van der Waals surface area contributed by atoms with E-state index >= 15 is 0 Å². The molecule has 1 aliphatic carbocycles.